The van der Waals surface area contributed by atoms with Crippen LogP contribution in [0.5, 0.6) is 0 Å². The zero-order chi connectivity index (χ0) is 14.8. The van der Waals surface area contributed by atoms with E-state index in [1.165, 1.54) is 36.8 Å². The average Bonchev–Trinajstić information content (AvgIpc) is 2.62. The lowest BCUT2D eigenvalue weighted by molar-refractivity contribution is 0.630. The third kappa shape index (κ3) is 2.54. The summed E-state index contributed by atoms with van der Waals surface area (Å²) in [5.41, 5.74) is 6.08. The fourth-order valence-electron chi connectivity index (χ4n) is 3.93. The molecule has 0 radical (unpaired) electrons. The first-order valence-corrected chi connectivity index (χ1v) is 8.43. The van der Waals surface area contributed by atoms with E-state index >= 15 is 0 Å². The fraction of sp³-hybridized carbons (Fsp3) is 0.273. The third-order valence-corrected chi connectivity index (χ3v) is 5.07. The van der Waals surface area contributed by atoms with Gasteiger partial charge >= 0.3 is 0 Å². The summed E-state index contributed by atoms with van der Waals surface area (Å²) in [4.78, 5) is 0. The van der Waals surface area contributed by atoms with E-state index in [-0.39, 0.29) is 0 Å². The van der Waals surface area contributed by atoms with Crippen LogP contribution in [0.1, 0.15) is 48.6 Å². The number of allylic oxidation sites excluding steroid dienone is 4. The second kappa shape index (κ2) is 5.96. The van der Waals surface area contributed by atoms with Crippen LogP contribution in [0.3, 0.4) is 0 Å². The molecule has 0 saturated heterocycles. The van der Waals surface area contributed by atoms with E-state index < -0.39 is 0 Å². The van der Waals surface area contributed by atoms with Crippen LogP contribution in [0.25, 0.3) is 0 Å². The van der Waals surface area contributed by atoms with Crippen LogP contribution >= 0.6 is 0 Å². The summed E-state index contributed by atoms with van der Waals surface area (Å²) >= 11 is 0. The van der Waals surface area contributed by atoms with Gasteiger partial charge in [-0.3, -0.25) is 0 Å². The monoisotopic (exact) mass is 286 g/mol. The highest BCUT2D eigenvalue weighted by Gasteiger charge is 2.28. The SMILES string of the molecule is C1=C2CCCCC2=C[C@@H](c2ccccc2)[C@H]1c1ccccc1. The lowest BCUT2D eigenvalue weighted by atomic mass is 9.72. The number of hydrogen-bond donors (Lipinski definition) is 0. The molecule has 2 aliphatic rings. The van der Waals surface area contributed by atoms with E-state index in [1.807, 2.05) is 0 Å². The van der Waals surface area contributed by atoms with Crippen LogP contribution in [-0.4, -0.2) is 0 Å². The summed E-state index contributed by atoms with van der Waals surface area (Å²) in [6.07, 6.45) is 10.3. The Morgan fingerprint density at radius 2 is 0.955 bits per heavy atom. The molecule has 0 unspecified atom stereocenters. The average molecular weight is 286 g/mol. The number of benzene rings is 2. The molecule has 0 amide bonds. The van der Waals surface area contributed by atoms with E-state index in [4.69, 9.17) is 0 Å². The van der Waals surface area contributed by atoms with Crippen molar-refractivity contribution in [3.05, 3.63) is 95.1 Å². The summed E-state index contributed by atoms with van der Waals surface area (Å²) in [6.45, 7) is 0. The number of hydrogen-bond acceptors (Lipinski definition) is 0. The Balaban J connectivity index is 1.79. The van der Waals surface area contributed by atoms with E-state index in [0.29, 0.717) is 11.8 Å². The maximum atomic E-state index is 2.56. The molecule has 2 aliphatic carbocycles. The van der Waals surface area contributed by atoms with Crippen molar-refractivity contribution >= 4 is 0 Å². The molecule has 0 heteroatoms. The van der Waals surface area contributed by atoms with Gasteiger partial charge in [0.15, 0.2) is 0 Å². The molecule has 2 atom stereocenters. The van der Waals surface area contributed by atoms with E-state index in [0.717, 1.165) is 0 Å². The molecule has 0 aromatic heterocycles. The van der Waals surface area contributed by atoms with Crippen molar-refractivity contribution < 1.29 is 0 Å². The first-order chi connectivity index (χ1) is 10.9. The Kier molecular flexibility index (Phi) is 3.68. The smallest absolute Gasteiger partial charge is 0.0128 e. The Morgan fingerprint density at radius 1 is 0.545 bits per heavy atom. The van der Waals surface area contributed by atoms with Gasteiger partial charge in [0.05, 0.1) is 0 Å². The van der Waals surface area contributed by atoms with Gasteiger partial charge in [-0.1, -0.05) is 72.8 Å². The standard InChI is InChI=1S/C22H22/c1-3-9-17(10-4-1)21-15-19-13-7-8-14-20(19)16-22(21)18-11-5-2-6-12-18/h1-6,9-12,15-16,21-22H,7-8,13-14H2/t21-,22+. The fourth-order valence-corrected chi connectivity index (χ4v) is 3.93. The van der Waals surface area contributed by atoms with Crippen LogP contribution in [0.4, 0.5) is 0 Å². The maximum Gasteiger partial charge on any atom is 0.0128 e. The van der Waals surface area contributed by atoms with Crippen LogP contribution in [0, 0.1) is 0 Å². The first-order valence-electron chi connectivity index (χ1n) is 8.43. The van der Waals surface area contributed by atoms with Crippen molar-refractivity contribution in [2.45, 2.75) is 37.5 Å². The lowest BCUT2D eigenvalue weighted by Gasteiger charge is -2.32. The minimum absolute atomic E-state index is 0.473. The van der Waals surface area contributed by atoms with Gasteiger partial charge in [-0.25, -0.2) is 0 Å². The van der Waals surface area contributed by atoms with Gasteiger partial charge in [0.1, 0.15) is 0 Å². The van der Waals surface area contributed by atoms with Crippen molar-refractivity contribution in [3.63, 3.8) is 0 Å². The number of rotatable bonds is 2. The van der Waals surface area contributed by atoms with Crippen molar-refractivity contribution in [1.29, 1.82) is 0 Å². The number of fused-ring (bicyclic) bond motifs is 1. The first kappa shape index (κ1) is 13.6. The largest absolute Gasteiger partial charge is 0.0726 e. The molecule has 2 aromatic carbocycles. The van der Waals surface area contributed by atoms with Crippen molar-refractivity contribution in [1.82, 2.24) is 0 Å². The summed E-state index contributed by atoms with van der Waals surface area (Å²) in [7, 11) is 0. The molecule has 0 bridgehead atoms. The quantitative estimate of drug-likeness (QED) is 0.635. The molecule has 0 heterocycles. The van der Waals surface area contributed by atoms with Crippen LogP contribution < -0.4 is 0 Å². The van der Waals surface area contributed by atoms with Crippen molar-refractivity contribution in [2.24, 2.45) is 0 Å². The Labute approximate surface area is 133 Å². The van der Waals surface area contributed by atoms with Gasteiger partial charge in [-0.15, -0.1) is 0 Å². The van der Waals surface area contributed by atoms with Gasteiger partial charge in [-0.2, -0.15) is 0 Å². The van der Waals surface area contributed by atoms with Gasteiger partial charge in [0.2, 0.25) is 0 Å². The maximum absolute atomic E-state index is 2.56. The summed E-state index contributed by atoms with van der Waals surface area (Å²) in [6, 6.07) is 22.0. The molecular formula is C22H22. The van der Waals surface area contributed by atoms with Gasteiger partial charge < -0.3 is 0 Å². The Bertz CT molecular complexity index is 628. The van der Waals surface area contributed by atoms with Crippen LogP contribution in [0.2, 0.25) is 0 Å². The molecule has 22 heavy (non-hydrogen) atoms. The van der Waals surface area contributed by atoms with Crippen molar-refractivity contribution in [3.8, 4) is 0 Å². The van der Waals surface area contributed by atoms with Gasteiger partial charge in [0, 0.05) is 11.8 Å². The molecule has 110 valence electrons. The third-order valence-electron chi connectivity index (χ3n) is 5.07. The zero-order valence-corrected chi connectivity index (χ0v) is 12.9. The van der Waals surface area contributed by atoms with E-state index in [9.17, 15) is 0 Å². The molecule has 2 aromatic rings. The lowest BCUT2D eigenvalue weighted by Crippen LogP contribution is -2.15. The Morgan fingerprint density at radius 3 is 1.36 bits per heavy atom. The highest BCUT2D eigenvalue weighted by atomic mass is 14.3. The molecular weight excluding hydrogens is 264 g/mol. The molecule has 0 spiro atoms. The minimum Gasteiger partial charge on any atom is -0.0726 e. The topological polar surface area (TPSA) is 0 Å². The molecule has 0 aliphatic heterocycles. The van der Waals surface area contributed by atoms with Crippen molar-refractivity contribution in [2.75, 3.05) is 0 Å². The molecule has 0 N–H and O–H groups in total. The molecule has 0 nitrogen and oxygen atoms in total. The second-order valence-corrected chi connectivity index (χ2v) is 6.46. The minimum atomic E-state index is 0.473. The molecule has 1 saturated carbocycles. The highest BCUT2D eigenvalue weighted by Crippen LogP contribution is 2.44. The summed E-state index contributed by atoms with van der Waals surface area (Å²) in [5.74, 6) is 0.945. The van der Waals surface area contributed by atoms with Crippen LogP contribution in [-0.2, 0) is 0 Å². The normalized spacial score (nSPS) is 24.2. The summed E-state index contributed by atoms with van der Waals surface area (Å²) < 4.78 is 0. The predicted octanol–water partition coefficient (Wildman–Crippen LogP) is 5.99. The van der Waals surface area contributed by atoms with Crippen LogP contribution in [0.15, 0.2) is 84.0 Å². The highest BCUT2D eigenvalue weighted by molar-refractivity contribution is 5.47. The second-order valence-electron chi connectivity index (χ2n) is 6.46. The summed E-state index contributed by atoms with van der Waals surface area (Å²) in [5, 5.41) is 0. The van der Waals surface area contributed by atoms with Gasteiger partial charge in [-0.05, 0) is 48.0 Å². The van der Waals surface area contributed by atoms with Gasteiger partial charge in [0.25, 0.3) is 0 Å². The predicted molar refractivity (Wildman–Crippen MR) is 93.0 cm³/mol. The molecule has 1 fully saturated rings. The Hall–Kier alpha value is -2.08. The zero-order valence-electron chi connectivity index (χ0n) is 12.9. The van der Waals surface area contributed by atoms with E-state index in [2.05, 4.69) is 72.8 Å². The van der Waals surface area contributed by atoms with E-state index in [1.54, 1.807) is 11.1 Å². The molecule has 4 rings (SSSR count).